The summed E-state index contributed by atoms with van der Waals surface area (Å²) in [7, 11) is 0. The Morgan fingerprint density at radius 3 is 2.27 bits per heavy atom. The molecular weight excluding hydrogens is 364 g/mol. The average Bonchev–Trinajstić information content (AvgIpc) is 3.06. The summed E-state index contributed by atoms with van der Waals surface area (Å²) in [4.78, 5) is 0. The number of aliphatic hydroxyl groups excluding tert-OH is 1. The fourth-order valence-corrected chi connectivity index (χ4v) is 9.42. The molecule has 0 aromatic rings. The Labute approximate surface area is 187 Å². The van der Waals surface area contributed by atoms with E-state index in [0.29, 0.717) is 10.8 Å². The minimum absolute atomic E-state index is 0.0187. The molecule has 0 unspecified atom stereocenters. The molecule has 0 bridgehead atoms. The van der Waals surface area contributed by atoms with Crippen molar-refractivity contribution >= 4 is 0 Å². The SMILES string of the molecule is CC[C@@H](/C=C\[C@H](C)[C@H]1CC[C@@H]2[C@@H]3CC[C@H]4C[C@@H](O)CC[C@]4(C)[C@H]3CC[C@@]21C)C(C)C. The first-order chi connectivity index (χ1) is 14.2. The zero-order valence-electron chi connectivity index (χ0n) is 20.9. The highest BCUT2D eigenvalue weighted by Crippen LogP contribution is 2.68. The van der Waals surface area contributed by atoms with Crippen LogP contribution in [0.2, 0.25) is 0 Å². The summed E-state index contributed by atoms with van der Waals surface area (Å²) < 4.78 is 0. The second-order valence-electron chi connectivity index (χ2n) is 12.9. The van der Waals surface area contributed by atoms with Gasteiger partial charge in [-0.15, -0.1) is 0 Å². The molecule has 0 aromatic carbocycles. The number of allylic oxidation sites excluding steroid dienone is 2. The van der Waals surface area contributed by atoms with Crippen molar-refractivity contribution in [3.63, 3.8) is 0 Å². The van der Waals surface area contributed by atoms with Crippen molar-refractivity contribution in [1.82, 2.24) is 0 Å². The van der Waals surface area contributed by atoms with Gasteiger partial charge in [-0.3, -0.25) is 0 Å². The summed E-state index contributed by atoms with van der Waals surface area (Å²) in [6.45, 7) is 14.9. The van der Waals surface area contributed by atoms with Crippen LogP contribution in [-0.2, 0) is 0 Å². The lowest BCUT2D eigenvalue weighted by Gasteiger charge is -2.61. The summed E-state index contributed by atoms with van der Waals surface area (Å²) in [5.41, 5.74) is 1.07. The van der Waals surface area contributed by atoms with Crippen LogP contribution in [0.3, 0.4) is 0 Å². The van der Waals surface area contributed by atoms with Gasteiger partial charge in [0.15, 0.2) is 0 Å². The molecule has 0 aromatic heterocycles. The zero-order chi connectivity index (χ0) is 21.7. The Morgan fingerprint density at radius 1 is 0.867 bits per heavy atom. The molecule has 4 aliphatic carbocycles. The third-order valence-electron chi connectivity index (χ3n) is 11.3. The minimum atomic E-state index is -0.0187. The summed E-state index contributed by atoms with van der Waals surface area (Å²) >= 11 is 0. The Balaban J connectivity index is 1.49. The highest BCUT2D eigenvalue weighted by Gasteiger charge is 2.60. The van der Waals surface area contributed by atoms with Crippen molar-refractivity contribution < 1.29 is 5.11 Å². The van der Waals surface area contributed by atoms with Gasteiger partial charge in [0.1, 0.15) is 0 Å². The molecule has 30 heavy (non-hydrogen) atoms. The lowest BCUT2D eigenvalue weighted by molar-refractivity contribution is -0.128. The van der Waals surface area contributed by atoms with E-state index in [-0.39, 0.29) is 6.10 Å². The molecule has 10 atom stereocenters. The van der Waals surface area contributed by atoms with E-state index in [1.807, 2.05) is 0 Å². The Kier molecular flexibility index (Phi) is 6.53. The second kappa shape index (κ2) is 8.57. The average molecular weight is 415 g/mol. The number of rotatable bonds is 5. The normalized spacial score (nSPS) is 48.3. The molecule has 4 saturated carbocycles. The van der Waals surface area contributed by atoms with E-state index in [4.69, 9.17) is 0 Å². The fraction of sp³-hybridized carbons (Fsp3) is 0.931. The quantitative estimate of drug-likeness (QED) is 0.454. The van der Waals surface area contributed by atoms with Gasteiger partial charge in [0.05, 0.1) is 6.10 Å². The Morgan fingerprint density at radius 2 is 1.57 bits per heavy atom. The van der Waals surface area contributed by atoms with Gasteiger partial charge < -0.3 is 5.11 Å². The van der Waals surface area contributed by atoms with Gasteiger partial charge in [-0.25, -0.2) is 0 Å². The number of hydrogen-bond acceptors (Lipinski definition) is 1. The molecule has 0 heterocycles. The number of hydrogen-bond donors (Lipinski definition) is 1. The van der Waals surface area contributed by atoms with E-state index < -0.39 is 0 Å². The molecule has 1 nitrogen and oxygen atoms in total. The largest absolute Gasteiger partial charge is 0.393 e. The number of fused-ring (bicyclic) bond motifs is 5. The van der Waals surface area contributed by atoms with Crippen LogP contribution in [0, 0.1) is 58.2 Å². The Bertz CT molecular complexity index is 622. The highest BCUT2D eigenvalue weighted by atomic mass is 16.3. The smallest absolute Gasteiger partial charge is 0.0543 e. The molecule has 1 N–H and O–H groups in total. The van der Waals surface area contributed by atoms with Crippen molar-refractivity contribution in [3.05, 3.63) is 12.2 Å². The van der Waals surface area contributed by atoms with Crippen molar-refractivity contribution in [1.29, 1.82) is 0 Å². The first-order valence-electron chi connectivity index (χ1n) is 13.6. The molecule has 0 saturated heterocycles. The molecule has 1 heteroatoms. The van der Waals surface area contributed by atoms with Crippen molar-refractivity contribution in [2.45, 2.75) is 112 Å². The molecular formula is C29H50O. The highest BCUT2D eigenvalue weighted by molar-refractivity contribution is 5.11. The summed E-state index contributed by atoms with van der Waals surface area (Å²) in [5.74, 6) is 6.72. The van der Waals surface area contributed by atoms with Gasteiger partial charge >= 0.3 is 0 Å². The van der Waals surface area contributed by atoms with E-state index in [9.17, 15) is 5.11 Å². The van der Waals surface area contributed by atoms with Crippen molar-refractivity contribution in [2.75, 3.05) is 0 Å². The molecule has 4 aliphatic rings. The van der Waals surface area contributed by atoms with Crippen LogP contribution in [0.5, 0.6) is 0 Å². The van der Waals surface area contributed by atoms with E-state index in [2.05, 4.69) is 53.7 Å². The number of aliphatic hydroxyl groups is 1. The summed E-state index contributed by atoms with van der Waals surface area (Å²) in [6.07, 6.45) is 18.5. The molecule has 0 spiro atoms. The third kappa shape index (κ3) is 3.74. The van der Waals surface area contributed by atoms with Crippen LogP contribution < -0.4 is 0 Å². The van der Waals surface area contributed by atoms with Gasteiger partial charge in [-0.05, 0) is 122 Å². The topological polar surface area (TPSA) is 20.2 Å². The second-order valence-corrected chi connectivity index (χ2v) is 12.9. The molecule has 0 amide bonds. The van der Waals surface area contributed by atoms with Crippen molar-refractivity contribution in [3.8, 4) is 0 Å². The van der Waals surface area contributed by atoms with E-state index in [0.717, 1.165) is 60.2 Å². The first kappa shape index (κ1) is 22.9. The predicted octanol–water partition coefficient (Wildman–Crippen LogP) is 7.88. The van der Waals surface area contributed by atoms with Crippen LogP contribution in [0.15, 0.2) is 12.2 Å². The minimum Gasteiger partial charge on any atom is -0.393 e. The summed E-state index contributed by atoms with van der Waals surface area (Å²) in [6, 6.07) is 0. The van der Waals surface area contributed by atoms with Crippen LogP contribution in [0.1, 0.15) is 106 Å². The van der Waals surface area contributed by atoms with Crippen LogP contribution >= 0.6 is 0 Å². The van der Waals surface area contributed by atoms with E-state index in [1.165, 1.54) is 51.4 Å². The van der Waals surface area contributed by atoms with Gasteiger partial charge in [0, 0.05) is 0 Å². The maximum Gasteiger partial charge on any atom is 0.0543 e. The lowest BCUT2D eigenvalue weighted by atomic mass is 9.44. The maximum atomic E-state index is 10.3. The van der Waals surface area contributed by atoms with E-state index >= 15 is 0 Å². The van der Waals surface area contributed by atoms with Gasteiger partial charge in [-0.1, -0.05) is 53.7 Å². The van der Waals surface area contributed by atoms with Gasteiger partial charge in [0.2, 0.25) is 0 Å². The van der Waals surface area contributed by atoms with Crippen molar-refractivity contribution in [2.24, 2.45) is 58.2 Å². The van der Waals surface area contributed by atoms with Crippen LogP contribution in [0.25, 0.3) is 0 Å². The molecule has 4 rings (SSSR count). The van der Waals surface area contributed by atoms with Gasteiger partial charge in [-0.2, -0.15) is 0 Å². The Hall–Kier alpha value is -0.300. The monoisotopic (exact) mass is 414 g/mol. The van der Waals surface area contributed by atoms with Crippen LogP contribution in [0.4, 0.5) is 0 Å². The third-order valence-corrected chi connectivity index (χ3v) is 11.3. The molecule has 0 aliphatic heterocycles. The van der Waals surface area contributed by atoms with Crippen LogP contribution in [-0.4, -0.2) is 11.2 Å². The fourth-order valence-electron chi connectivity index (χ4n) is 9.42. The molecule has 4 fully saturated rings. The summed E-state index contributed by atoms with van der Waals surface area (Å²) in [5, 5.41) is 10.3. The standard InChI is InChI=1S/C29H50O/c1-7-21(19(2)3)9-8-20(4)25-12-13-26-24-11-10-22-18-23(30)14-16-28(22,5)27(24)15-17-29(25,26)6/h8-9,19-27,30H,7,10-18H2,1-6H3/b9-8-/t20-,21-,22-,23-,24-,25+,26+,27-,28-,29+/m0/s1. The molecule has 172 valence electrons. The zero-order valence-corrected chi connectivity index (χ0v) is 20.9. The van der Waals surface area contributed by atoms with E-state index in [1.54, 1.807) is 0 Å². The van der Waals surface area contributed by atoms with Gasteiger partial charge in [0.25, 0.3) is 0 Å². The lowest BCUT2D eigenvalue weighted by Crippen LogP contribution is -2.54. The molecule has 0 radical (unpaired) electrons. The maximum absolute atomic E-state index is 10.3. The first-order valence-corrected chi connectivity index (χ1v) is 13.6. The predicted molar refractivity (Wildman–Crippen MR) is 128 cm³/mol.